The molecule has 0 atom stereocenters. The van der Waals surface area contributed by atoms with Crippen LogP contribution in [-0.4, -0.2) is 14.2 Å². The van der Waals surface area contributed by atoms with Crippen LogP contribution in [0.25, 0.3) is 10.4 Å². The third kappa shape index (κ3) is 6.00. The summed E-state index contributed by atoms with van der Waals surface area (Å²) in [6.07, 6.45) is 3.06. The molecule has 5 nitrogen and oxygen atoms in total. The Balaban J connectivity index is 3.70. The van der Waals surface area contributed by atoms with Crippen LogP contribution in [0.5, 0.6) is 0 Å². The van der Waals surface area contributed by atoms with E-state index < -0.39 is 10.0 Å². The monoisotopic (exact) mass is 190 g/mol. The summed E-state index contributed by atoms with van der Waals surface area (Å²) in [5.74, 6) is -0.0585. The van der Waals surface area contributed by atoms with Crippen molar-refractivity contribution in [1.29, 1.82) is 0 Å². The molecule has 0 bridgehead atoms. The molecule has 12 heavy (non-hydrogen) atoms. The van der Waals surface area contributed by atoms with Gasteiger partial charge in [-0.05, 0) is 12.0 Å². The molecule has 0 spiro atoms. The Morgan fingerprint density at radius 1 is 1.33 bits per heavy atom. The van der Waals surface area contributed by atoms with E-state index in [1.165, 1.54) is 0 Å². The third-order valence-corrected chi connectivity index (χ3v) is 2.44. The van der Waals surface area contributed by atoms with Crippen LogP contribution in [0.2, 0.25) is 0 Å². The van der Waals surface area contributed by atoms with Crippen molar-refractivity contribution in [2.75, 3.05) is 5.75 Å². The van der Waals surface area contributed by atoms with Gasteiger partial charge < -0.3 is 0 Å². The van der Waals surface area contributed by atoms with Crippen LogP contribution in [0.4, 0.5) is 0 Å². The number of nitrogens with zero attached hydrogens (tertiary/aromatic N) is 3. The summed E-state index contributed by atoms with van der Waals surface area (Å²) < 4.78 is 24.2. The average Bonchev–Trinajstić information content (AvgIpc) is 1.98. The van der Waals surface area contributed by atoms with E-state index >= 15 is 0 Å². The Hall–Kier alpha value is -0.740. The fourth-order valence-electron chi connectivity index (χ4n) is 0.734. The van der Waals surface area contributed by atoms with E-state index in [1.807, 2.05) is 0 Å². The lowest BCUT2D eigenvalue weighted by Crippen LogP contribution is -2.00. The van der Waals surface area contributed by atoms with Crippen molar-refractivity contribution in [3.63, 3.8) is 0 Å². The van der Waals surface area contributed by atoms with Gasteiger partial charge in [0.15, 0.2) is 0 Å². The smallest absolute Gasteiger partial charge is 0.221 e. The van der Waals surface area contributed by atoms with Crippen LogP contribution in [0.3, 0.4) is 0 Å². The molecule has 0 aliphatic heterocycles. The van der Waals surface area contributed by atoms with E-state index in [-0.39, 0.29) is 5.75 Å². The Morgan fingerprint density at radius 3 is 2.50 bits per heavy atom. The molecule has 0 aliphatic carbocycles. The van der Waals surface area contributed by atoms with Gasteiger partial charge in [0.05, 0.1) is 5.75 Å². The van der Waals surface area contributed by atoms with Gasteiger partial charge in [0.2, 0.25) is 10.0 Å². The summed E-state index contributed by atoms with van der Waals surface area (Å²) in [5.41, 5.74) is 7.87. The van der Waals surface area contributed by atoms with Crippen molar-refractivity contribution >= 4 is 10.0 Å². The molecule has 0 N–H and O–H groups in total. The predicted octanol–water partition coefficient (Wildman–Crippen LogP) is 2.02. The maximum absolute atomic E-state index is 10.8. The molecule has 0 aliphatic rings. The number of hydrogen-bond donors (Lipinski definition) is 0. The van der Waals surface area contributed by atoms with Crippen molar-refractivity contribution in [2.24, 2.45) is 4.52 Å². The normalized spacial score (nSPS) is 10.8. The largest absolute Gasteiger partial charge is 0.235 e. The van der Waals surface area contributed by atoms with Gasteiger partial charge in [-0.3, -0.25) is 0 Å². The van der Waals surface area contributed by atoms with Gasteiger partial charge in [-0.15, -0.1) is 0 Å². The Kier molecular flexibility index (Phi) is 5.49. The number of sulfonamides is 1. The second-order valence-electron chi connectivity index (χ2n) is 2.37. The minimum atomic E-state index is -3.52. The van der Waals surface area contributed by atoms with Gasteiger partial charge >= 0.3 is 0 Å². The molecule has 0 unspecified atom stereocenters. The third-order valence-electron chi connectivity index (χ3n) is 1.31. The zero-order valence-corrected chi connectivity index (χ0v) is 7.63. The van der Waals surface area contributed by atoms with E-state index in [9.17, 15) is 8.42 Å². The van der Waals surface area contributed by atoms with Crippen molar-refractivity contribution in [3.8, 4) is 0 Å². The second-order valence-corrected chi connectivity index (χ2v) is 4.11. The maximum Gasteiger partial charge on any atom is 0.235 e. The van der Waals surface area contributed by atoms with Gasteiger partial charge in [0.25, 0.3) is 0 Å². The number of rotatable bonds is 6. The van der Waals surface area contributed by atoms with Crippen molar-refractivity contribution in [2.45, 2.75) is 25.7 Å². The van der Waals surface area contributed by atoms with Gasteiger partial charge in [-0.1, -0.05) is 26.2 Å². The van der Waals surface area contributed by atoms with E-state index in [2.05, 4.69) is 16.4 Å². The van der Waals surface area contributed by atoms with E-state index in [0.717, 1.165) is 19.3 Å². The van der Waals surface area contributed by atoms with E-state index in [4.69, 9.17) is 5.53 Å². The molecule has 0 aromatic carbocycles. The van der Waals surface area contributed by atoms with Crippen molar-refractivity contribution in [1.82, 2.24) is 0 Å². The number of hydrogen-bond acceptors (Lipinski definition) is 2. The van der Waals surface area contributed by atoms with Crippen LogP contribution in [-0.2, 0) is 10.0 Å². The molecule has 69 valence electrons. The molecule has 0 amide bonds. The Labute approximate surface area is 72.5 Å². The van der Waals surface area contributed by atoms with Crippen LogP contribution < -0.4 is 0 Å². The first kappa shape index (κ1) is 11.3. The lowest BCUT2D eigenvalue weighted by atomic mass is 10.2. The Morgan fingerprint density at radius 2 is 2.00 bits per heavy atom. The molecule has 1 radical (unpaired) electrons. The van der Waals surface area contributed by atoms with Crippen LogP contribution >= 0.6 is 0 Å². The van der Waals surface area contributed by atoms with Gasteiger partial charge in [-0.25, -0.2) is 8.42 Å². The molecule has 0 saturated carbocycles. The molecule has 0 aromatic heterocycles. The molecule has 6 heteroatoms. The summed E-state index contributed by atoms with van der Waals surface area (Å²) in [4.78, 5) is 2.23. The first-order valence-electron chi connectivity index (χ1n) is 3.70. The zero-order valence-electron chi connectivity index (χ0n) is 6.81. The predicted molar refractivity (Wildman–Crippen MR) is 46.8 cm³/mol. The van der Waals surface area contributed by atoms with E-state index in [1.54, 1.807) is 0 Å². The molecular weight excluding hydrogens is 178 g/mol. The first-order valence-corrected chi connectivity index (χ1v) is 5.31. The average molecular weight is 190 g/mol. The summed E-state index contributed by atoms with van der Waals surface area (Å²) in [6, 6.07) is 0. The topological polar surface area (TPSA) is 82.9 Å². The van der Waals surface area contributed by atoms with Crippen molar-refractivity contribution in [3.05, 3.63) is 17.4 Å². The molecule has 0 aromatic rings. The summed E-state index contributed by atoms with van der Waals surface area (Å²) >= 11 is 0. The number of azide groups is 1. The second kappa shape index (κ2) is 5.85. The molecule has 0 fully saturated rings. The highest BCUT2D eigenvalue weighted by Crippen LogP contribution is 2.03. The van der Waals surface area contributed by atoms with Crippen LogP contribution in [0, 0.1) is 6.92 Å². The minimum Gasteiger partial charge on any atom is -0.221 e. The Bertz CT molecular complexity index is 254. The van der Waals surface area contributed by atoms with Crippen molar-refractivity contribution < 1.29 is 8.42 Å². The van der Waals surface area contributed by atoms with Crippen LogP contribution in [0.15, 0.2) is 4.52 Å². The van der Waals surface area contributed by atoms with Gasteiger partial charge in [0, 0.05) is 9.43 Å². The van der Waals surface area contributed by atoms with Gasteiger partial charge in [-0.2, -0.15) is 0 Å². The summed E-state index contributed by atoms with van der Waals surface area (Å²) in [6.45, 7) is 3.62. The van der Waals surface area contributed by atoms with Crippen LogP contribution in [0.1, 0.15) is 25.7 Å². The van der Waals surface area contributed by atoms with E-state index in [0.29, 0.717) is 6.42 Å². The number of unbranched alkanes of at least 4 members (excludes halogenated alkanes) is 3. The van der Waals surface area contributed by atoms with Gasteiger partial charge in [0.1, 0.15) is 0 Å². The molecule has 0 heterocycles. The highest BCUT2D eigenvalue weighted by Gasteiger charge is 2.05. The first-order chi connectivity index (χ1) is 5.62. The fraction of sp³-hybridized carbons (Fsp3) is 0.833. The zero-order chi connectivity index (χ0) is 9.45. The lowest BCUT2D eigenvalue weighted by Gasteiger charge is -1.95. The SMILES string of the molecule is [CH2]CCCCCS(=O)(=O)N=[N+]=[N-]. The summed E-state index contributed by atoms with van der Waals surface area (Å²) in [5, 5.41) is 0. The highest BCUT2D eigenvalue weighted by molar-refractivity contribution is 7.89. The lowest BCUT2D eigenvalue weighted by molar-refractivity contribution is 0.591. The molecule has 0 saturated heterocycles. The molecular formula is C6H12N3O2S. The maximum atomic E-state index is 10.8. The molecule has 0 rings (SSSR count). The highest BCUT2D eigenvalue weighted by atomic mass is 32.2. The minimum absolute atomic E-state index is 0.0585. The quantitative estimate of drug-likeness (QED) is 0.278. The standard InChI is InChI=1S/C6H12N3O2S/c1-2-3-4-5-6-12(10,11)9-8-7/h1-6H2. The fourth-order valence-corrected chi connectivity index (χ4v) is 1.50. The summed E-state index contributed by atoms with van der Waals surface area (Å²) in [7, 11) is -3.52.